The molecule has 32 heavy (non-hydrogen) atoms. The summed E-state index contributed by atoms with van der Waals surface area (Å²) in [6, 6.07) is 11.2. The molecule has 4 N–H and O–H groups in total. The number of carbonyl (C=O) groups is 2. The van der Waals surface area contributed by atoms with Crippen molar-refractivity contribution in [3.05, 3.63) is 57.7 Å². The van der Waals surface area contributed by atoms with E-state index < -0.39 is 0 Å². The number of nitrogens with two attached hydrogens (primary N) is 1. The first-order valence-electron chi connectivity index (χ1n) is 10.7. The van der Waals surface area contributed by atoms with Crippen molar-refractivity contribution in [1.82, 2.24) is 20.2 Å². The van der Waals surface area contributed by atoms with Gasteiger partial charge in [-0.15, -0.1) is 0 Å². The van der Waals surface area contributed by atoms with Crippen LogP contribution in [0.1, 0.15) is 31.9 Å². The highest BCUT2D eigenvalue weighted by Gasteiger charge is 2.18. The van der Waals surface area contributed by atoms with Gasteiger partial charge in [-0.2, -0.15) is 0 Å². The summed E-state index contributed by atoms with van der Waals surface area (Å²) in [5.74, 6) is -0.0427. The van der Waals surface area contributed by atoms with Crippen molar-refractivity contribution >= 4 is 28.7 Å². The summed E-state index contributed by atoms with van der Waals surface area (Å²) in [6.45, 7) is 6.27. The van der Waals surface area contributed by atoms with Gasteiger partial charge >= 0.3 is 0 Å². The van der Waals surface area contributed by atoms with Gasteiger partial charge in [0.1, 0.15) is 11.5 Å². The fraction of sp³-hybridized carbons (Fsp3) is 0.333. The third-order valence-electron chi connectivity index (χ3n) is 5.25. The topological polar surface area (TPSA) is 119 Å². The molecular weight excluding hydrogens is 406 g/mol. The Labute approximate surface area is 186 Å². The normalized spacial score (nSPS) is 11.0. The molecule has 0 aliphatic heterocycles. The number of nitrogen functional groups attached to an aromatic ring is 1. The minimum absolute atomic E-state index is 0.0217. The quantitative estimate of drug-likeness (QED) is 0.525. The van der Waals surface area contributed by atoms with E-state index >= 15 is 0 Å². The number of hydrogen-bond donors (Lipinski definition) is 3. The van der Waals surface area contributed by atoms with Crippen molar-refractivity contribution in [2.45, 2.75) is 46.2 Å². The van der Waals surface area contributed by atoms with Crippen LogP contribution in [0.5, 0.6) is 0 Å². The molecule has 0 aliphatic carbocycles. The van der Waals surface area contributed by atoms with E-state index in [2.05, 4.69) is 10.6 Å². The molecule has 1 aromatic carbocycles. The lowest BCUT2D eigenvalue weighted by molar-refractivity contribution is -0.121. The number of aromatic nitrogens is 2. The molecule has 0 saturated carbocycles. The number of nitrogens with zero attached hydrogens (tertiary/aromatic N) is 2. The van der Waals surface area contributed by atoms with Gasteiger partial charge < -0.3 is 20.9 Å². The standard InChI is InChI=1S/C24H29N5O3/c1-5-29-23(25)18(13-20(30)26-4)22(32)17-10-11-19(28-24(17)29)16-8-6-15(7-9-16)12-21(31)27-14(2)3/h6-11,14H,5,12-13,25H2,1-4H3,(H,26,30)(H,27,31). The van der Waals surface area contributed by atoms with Crippen LogP contribution in [0.3, 0.4) is 0 Å². The molecule has 0 fully saturated rings. The van der Waals surface area contributed by atoms with Gasteiger partial charge in [0.2, 0.25) is 11.8 Å². The molecule has 0 bridgehead atoms. The predicted molar refractivity (Wildman–Crippen MR) is 126 cm³/mol. The molecule has 0 unspecified atom stereocenters. The van der Waals surface area contributed by atoms with Crippen LogP contribution in [0.15, 0.2) is 41.2 Å². The Hall–Kier alpha value is -3.68. The SMILES string of the molecule is CCn1c(N)c(CC(=O)NC)c(=O)c2ccc(-c3ccc(CC(=O)NC(C)C)cc3)nc21. The summed E-state index contributed by atoms with van der Waals surface area (Å²) in [5.41, 5.74) is 9.19. The predicted octanol–water partition coefficient (Wildman–Crippen LogP) is 2.02. The number of aryl methyl sites for hydroxylation is 1. The van der Waals surface area contributed by atoms with Crippen LogP contribution in [0, 0.1) is 0 Å². The molecular formula is C24H29N5O3. The van der Waals surface area contributed by atoms with Crippen LogP contribution in [0.25, 0.3) is 22.3 Å². The number of pyridine rings is 2. The van der Waals surface area contributed by atoms with Crippen molar-refractivity contribution in [2.24, 2.45) is 0 Å². The highest BCUT2D eigenvalue weighted by molar-refractivity contribution is 5.85. The Morgan fingerprint density at radius 2 is 1.75 bits per heavy atom. The second-order valence-electron chi connectivity index (χ2n) is 7.95. The molecule has 8 nitrogen and oxygen atoms in total. The minimum atomic E-state index is -0.281. The van der Waals surface area contributed by atoms with Gasteiger partial charge in [0.25, 0.3) is 0 Å². The Kier molecular flexibility index (Phi) is 6.92. The molecule has 0 radical (unpaired) electrons. The maximum Gasteiger partial charge on any atom is 0.224 e. The lowest BCUT2D eigenvalue weighted by Crippen LogP contribution is -2.31. The fourth-order valence-corrected chi connectivity index (χ4v) is 3.64. The zero-order valence-electron chi connectivity index (χ0n) is 18.9. The largest absolute Gasteiger partial charge is 0.385 e. The molecule has 2 amide bonds. The molecule has 0 saturated heterocycles. The molecule has 3 rings (SSSR count). The lowest BCUT2D eigenvalue weighted by atomic mass is 10.0. The highest BCUT2D eigenvalue weighted by atomic mass is 16.2. The first-order chi connectivity index (χ1) is 15.2. The Balaban J connectivity index is 1.99. The van der Waals surface area contributed by atoms with Crippen LogP contribution in [-0.2, 0) is 29.0 Å². The molecule has 8 heteroatoms. The zero-order valence-corrected chi connectivity index (χ0v) is 18.9. The summed E-state index contributed by atoms with van der Waals surface area (Å²) < 4.78 is 1.75. The van der Waals surface area contributed by atoms with E-state index in [9.17, 15) is 14.4 Å². The van der Waals surface area contributed by atoms with Gasteiger partial charge in [-0.25, -0.2) is 4.98 Å². The third-order valence-corrected chi connectivity index (χ3v) is 5.25. The van der Waals surface area contributed by atoms with Crippen molar-refractivity contribution in [3.8, 4) is 11.3 Å². The van der Waals surface area contributed by atoms with Gasteiger partial charge in [0, 0.05) is 30.8 Å². The number of fused-ring (bicyclic) bond motifs is 1. The van der Waals surface area contributed by atoms with E-state index in [0.29, 0.717) is 29.7 Å². The van der Waals surface area contributed by atoms with Gasteiger partial charge in [-0.05, 0) is 38.5 Å². The Morgan fingerprint density at radius 1 is 1.06 bits per heavy atom. The van der Waals surface area contributed by atoms with E-state index in [-0.39, 0.29) is 41.1 Å². The third kappa shape index (κ3) is 4.80. The Bertz CT molecular complexity index is 1210. The molecule has 2 heterocycles. The molecule has 0 aliphatic rings. The molecule has 3 aromatic rings. The maximum atomic E-state index is 13.0. The van der Waals surface area contributed by atoms with E-state index in [1.54, 1.807) is 16.7 Å². The number of benzene rings is 1. The van der Waals surface area contributed by atoms with E-state index in [1.807, 2.05) is 45.0 Å². The van der Waals surface area contributed by atoms with Crippen molar-refractivity contribution < 1.29 is 9.59 Å². The van der Waals surface area contributed by atoms with Crippen molar-refractivity contribution in [3.63, 3.8) is 0 Å². The average Bonchev–Trinajstić information content (AvgIpc) is 2.76. The number of carbonyl (C=O) groups excluding carboxylic acids is 2. The lowest BCUT2D eigenvalue weighted by Gasteiger charge is -2.16. The molecule has 168 valence electrons. The van der Waals surface area contributed by atoms with Gasteiger partial charge in [0.05, 0.1) is 23.9 Å². The summed E-state index contributed by atoms with van der Waals surface area (Å²) in [6.07, 6.45) is 0.230. The first kappa shape index (κ1) is 23.0. The van der Waals surface area contributed by atoms with Gasteiger partial charge in [-0.3, -0.25) is 14.4 Å². The van der Waals surface area contributed by atoms with Gasteiger partial charge in [-0.1, -0.05) is 24.3 Å². The number of amides is 2. The second kappa shape index (κ2) is 9.64. The molecule has 0 atom stereocenters. The van der Waals surface area contributed by atoms with Gasteiger partial charge in [0.15, 0.2) is 5.43 Å². The van der Waals surface area contributed by atoms with E-state index in [4.69, 9.17) is 10.7 Å². The first-order valence-corrected chi connectivity index (χ1v) is 10.7. The number of likely N-dealkylation sites (N-methyl/N-ethyl adjacent to an activating group) is 1. The van der Waals surface area contributed by atoms with Crippen LogP contribution in [-0.4, -0.2) is 34.5 Å². The summed E-state index contributed by atoms with van der Waals surface area (Å²) in [5, 5.41) is 5.83. The molecule has 2 aromatic heterocycles. The van der Waals surface area contributed by atoms with Crippen LogP contribution >= 0.6 is 0 Å². The summed E-state index contributed by atoms with van der Waals surface area (Å²) in [7, 11) is 1.52. The van der Waals surface area contributed by atoms with Crippen LogP contribution in [0.4, 0.5) is 5.82 Å². The van der Waals surface area contributed by atoms with Crippen LogP contribution < -0.4 is 21.8 Å². The average molecular weight is 436 g/mol. The number of anilines is 1. The van der Waals surface area contributed by atoms with E-state index in [0.717, 1.165) is 11.1 Å². The van der Waals surface area contributed by atoms with Crippen molar-refractivity contribution in [2.75, 3.05) is 12.8 Å². The zero-order chi connectivity index (χ0) is 23.4. The smallest absolute Gasteiger partial charge is 0.224 e. The number of hydrogen-bond acceptors (Lipinski definition) is 5. The minimum Gasteiger partial charge on any atom is -0.385 e. The van der Waals surface area contributed by atoms with Crippen LogP contribution in [0.2, 0.25) is 0 Å². The number of nitrogens with one attached hydrogen (secondary N) is 2. The second-order valence-corrected chi connectivity index (χ2v) is 7.95. The monoisotopic (exact) mass is 435 g/mol. The fourth-order valence-electron chi connectivity index (χ4n) is 3.64. The Morgan fingerprint density at radius 3 is 2.34 bits per heavy atom. The maximum absolute atomic E-state index is 13.0. The molecule has 0 spiro atoms. The summed E-state index contributed by atoms with van der Waals surface area (Å²) in [4.78, 5) is 41.5. The van der Waals surface area contributed by atoms with Crippen molar-refractivity contribution in [1.29, 1.82) is 0 Å². The summed E-state index contributed by atoms with van der Waals surface area (Å²) >= 11 is 0. The van der Waals surface area contributed by atoms with E-state index in [1.165, 1.54) is 7.05 Å². The number of rotatable bonds is 7. The highest BCUT2D eigenvalue weighted by Crippen LogP contribution is 2.23.